The third-order valence-corrected chi connectivity index (χ3v) is 2.56. The summed E-state index contributed by atoms with van der Waals surface area (Å²) in [5.74, 6) is 2.13. The van der Waals surface area contributed by atoms with Gasteiger partial charge in [-0.3, -0.25) is 15.1 Å². The molecule has 0 fully saturated rings. The van der Waals surface area contributed by atoms with Crippen molar-refractivity contribution in [2.45, 2.75) is 6.32 Å². The van der Waals surface area contributed by atoms with Gasteiger partial charge in [-0.1, -0.05) is 0 Å². The molecular weight excluding hydrogens is 219 g/mol. The lowest BCUT2D eigenvalue weighted by Gasteiger charge is -2.22. The summed E-state index contributed by atoms with van der Waals surface area (Å²) in [4.78, 5) is 10.1. The first-order chi connectivity index (χ1) is 8.20. The molecule has 17 heavy (non-hydrogen) atoms. The van der Waals surface area contributed by atoms with E-state index in [1.54, 1.807) is 23.3 Å². The quantitative estimate of drug-likeness (QED) is 0.436. The molecule has 2 rings (SSSR count). The van der Waals surface area contributed by atoms with E-state index in [1.807, 2.05) is 0 Å². The van der Waals surface area contributed by atoms with E-state index >= 15 is 0 Å². The number of benzene rings is 1. The molecule has 0 saturated heterocycles. The van der Waals surface area contributed by atoms with Gasteiger partial charge in [0.2, 0.25) is 0 Å². The Kier molecular flexibility index (Phi) is 3.05. The second-order valence-corrected chi connectivity index (χ2v) is 3.69. The Balaban J connectivity index is 2.14. The minimum atomic E-state index is -0.436. The number of hydrogen-bond acceptors (Lipinski definition) is 5. The van der Waals surface area contributed by atoms with Crippen molar-refractivity contribution in [2.75, 3.05) is 11.6 Å². The van der Waals surface area contributed by atoms with Crippen LogP contribution in [0.2, 0.25) is 6.32 Å². The molecule has 0 amide bonds. The topological polar surface area (TPSA) is 82.5 Å². The van der Waals surface area contributed by atoms with Gasteiger partial charge >= 0.3 is 6.71 Å². The maximum absolute atomic E-state index is 10.5. The van der Waals surface area contributed by atoms with E-state index in [2.05, 4.69) is 11.1 Å². The minimum Gasteiger partial charge on any atom is -0.267 e. The van der Waals surface area contributed by atoms with E-state index in [9.17, 15) is 10.1 Å². The number of nitro benzene ring substituents is 1. The van der Waals surface area contributed by atoms with Gasteiger partial charge in [-0.05, 0) is 18.5 Å². The van der Waals surface area contributed by atoms with E-state index < -0.39 is 4.92 Å². The average Bonchev–Trinajstić information content (AvgIpc) is 2.39. The first-order valence-corrected chi connectivity index (χ1v) is 5.16. The van der Waals surface area contributed by atoms with Crippen LogP contribution in [0.1, 0.15) is 0 Å². The highest BCUT2D eigenvalue weighted by Crippen LogP contribution is 2.21. The fourth-order valence-electron chi connectivity index (χ4n) is 1.59. The summed E-state index contributed by atoms with van der Waals surface area (Å²) in [6.45, 7) is 0.510. The molecule has 1 aliphatic heterocycles. The molecular formula is C10H9BN4O2. The summed E-state index contributed by atoms with van der Waals surface area (Å²) in [6, 6.07) is 6.20. The van der Waals surface area contributed by atoms with Crippen LogP contribution in [-0.4, -0.2) is 24.3 Å². The van der Waals surface area contributed by atoms with Crippen LogP contribution in [0.5, 0.6) is 0 Å². The zero-order chi connectivity index (χ0) is 12.3. The number of nitrogens with zero attached hydrogens (tertiary/aromatic N) is 4. The fourth-order valence-corrected chi connectivity index (χ4v) is 1.59. The van der Waals surface area contributed by atoms with E-state index in [0.717, 1.165) is 12.0 Å². The molecule has 1 heterocycles. The van der Waals surface area contributed by atoms with Crippen LogP contribution in [0.3, 0.4) is 0 Å². The number of rotatable bonds is 2. The van der Waals surface area contributed by atoms with Crippen molar-refractivity contribution in [1.29, 1.82) is 5.26 Å². The van der Waals surface area contributed by atoms with E-state index in [1.165, 1.54) is 12.1 Å². The predicted molar refractivity (Wildman–Crippen MR) is 65.1 cm³/mol. The second-order valence-electron chi connectivity index (χ2n) is 3.69. The van der Waals surface area contributed by atoms with Crippen molar-refractivity contribution in [3.8, 4) is 5.97 Å². The van der Waals surface area contributed by atoms with Crippen molar-refractivity contribution in [3.63, 3.8) is 0 Å². The molecule has 84 valence electrons. The van der Waals surface area contributed by atoms with Crippen LogP contribution < -0.4 is 5.01 Å². The largest absolute Gasteiger partial charge is 0.316 e. The Labute approximate surface area is 98.4 Å². The molecule has 0 atom stereocenters. The Hall–Kier alpha value is -2.36. The molecule has 0 N–H and O–H groups in total. The monoisotopic (exact) mass is 228 g/mol. The Morgan fingerprint density at radius 2 is 2.18 bits per heavy atom. The molecule has 0 bridgehead atoms. The van der Waals surface area contributed by atoms with Crippen LogP contribution in [-0.2, 0) is 0 Å². The van der Waals surface area contributed by atoms with Gasteiger partial charge in [0.05, 0.1) is 10.6 Å². The average molecular weight is 228 g/mol. The van der Waals surface area contributed by atoms with Crippen molar-refractivity contribution in [1.82, 2.24) is 0 Å². The lowest BCUT2D eigenvalue weighted by molar-refractivity contribution is -0.384. The lowest BCUT2D eigenvalue weighted by atomic mass is 9.50. The third kappa shape index (κ3) is 2.42. The minimum absolute atomic E-state index is 0.0599. The van der Waals surface area contributed by atoms with Gasteiger partial charge in [0.25, 0.3) is 5.69 Å². The standard InChI is InChI=1S/C10H9BN4O2/c12-7-11-5-6-14(13-8-11)9-1-3-10(4-2-9)15(16)17/h1-4,8H,5-6H2. The van der Waals surface area contributed by atoms with Crippen molar-refractivity contribution in [3.05, 3.63) is 34.4 Å². The maximum Gasteiger partial charge on any atom is 0.316 e. The Morgan fingerprint density at radius 3 is 2.65 bits per heavy atom. The van der Waals surface area contributed by atoms with E-state index in [4.69, 9.17) is 5.26 Å². The van der Waals surface area contributed by atoms with Crippen LogP contribution in [0.4, 0.5) is 11.4 Å². The second kappa shape index (κ2) is 4.66. The van der Waals surface area contributed by atoms with E-state index in [0.29, 0.717) is 6.54 Å². The number of hydrazone groups is 1. The van der Waals surface area contributed by atoms with E-state index in [-0.39, 0.29) is 12.4 Å². The van der Waals surface area contributed by atoms with Gasteiger partial charge in [-0.2, -0.15) is 5.10 Å². The molecule has 1 aromatic carbocycles. The molecule has 1 aromatic rings. The molecule has 0 saturated carbocycles. The van der Waals surface area contributed by atoms with Crippen molar-refractivity contribution >= 4 is 24.2 Å². The highest BCUT2D eigenvalue weighted by Gasteiger charge is 2.19. The Bertz CT molecular complexity index is 494. The first kappa shape index (κ1) is 11.1. The van der Waals surface area contributed by atoms with Crippen LogP contribution in [0.15, 0.2) is 29.4 Å². The summed E-state index contributed by atoms with van der Waals surface area (Å²) in [7, 11) is 0. The normalized spacial score (nSPS) is 14.5. The number of nitro groups is 1. The summed E-state index contributed by atoms with van der Waals surface area (Å²) in [5.41, 5.74) is 0.855. The van der Waals surface area contributed by atoms with Gasteiger partial charge in [0.15, 0.2) is 0 Å². The summed E-state index contributed by atoms with van der Waals surface area (Å²) >= 11 is 0. The molecule has 0 spiro atoms. The van der Waals surface area contributed by atoms with Crippen LogP contribution in [0, 0.1) is 21.3 Å². The van der Waals surface area contributed by atoms with Gasteiger partial charge in [0.1, 0.15) is 0 Å². The molecule has 0 radical (unpaired) electrons. The fraction of sp³-hybridized carbons (Fsp3) is 0.200. The number of hydrogen-bond donors (Lipinski definition) is 0. The SMILES string of the molecule is N#CB1C=NN(c2ccc([N+](=O)[O-])cc2)CC1. The summed E-state index contributed by atoms with van der Waals surface area (Å²) in [5, 5.41) is 25.1. The van der Waals surface area contributed by atoms with Gasteiger partial charge < -0.3 is 0 Å². The Morgan fingerprint density at radius 1 is 1.47 bits per heavy atom. The van der Waals surface area contributed by atoms with Gasteiger partial charge in [-0.25, -0.2) is 5.26 Å². The van der Waals surface area contributed by atoms with Gasteiger partial charge in [-0.15, -0.1) is 0 Å². The molecule has 7 heteroatoms. The summed E-state index contributed by atoms with van der Waals surface area (Å²) in [6.07, 6.45) is 2.32. The molecule has 6 nitrogen and oxygen atoms in total. The number of nitriles is 1. The highest BCUT2D eigenvalue weighted by molar-refractivity contribution is 6.91. The first-order valence-electron chi connectivity index (χ1n) is 5.16. The zero-order valence-corrected chi connectivity index (χ0v) is 8.98. The molecule has 0 unspecified atom stereocenters. The summed E-state index contributed by atoms with van der Waals surface area (Å²) < 4.78 is 0. The zero-order valence-electron chi connectivity index (χ0n) is 8.98. The molecule has 1 aliphatic rings. The lowest BCUT2D eigenvalue weighted by Crippen LogP contribution is -2.30. The number of non-ortho nitro benzene ring substituents is 1. The smallest absolute Gasteiger partial charge is 0.267 e. The van der Waals surface area contributed by atoms with Gasteiger partial charge in [0, 0.05) is 30.8 Å². The predicted octanol–water partition coefficient (Wildman–Crippen LogP) is 1.50. The third-order valence-electron chi connectivity index (χ3n) is 2.56. The van der Waals surface area contributed by atoms with Crippen molar-refractivity contribution < 1.29 is 4.92 Å². The molecule has 0 aromatic heterocycles. The van der Waals surface area contributed by atoms with Crippen LogP contribution in [0.25, 0.3) is 0 Å². The maximum atomic E-state index is 10.5. The highest BCUT2D eigenvalue weighted by atomic mass is 16.6. The van der Waals surface area contributed by atoms with Crippen molar-refractivity contribution in [2.24, 2.45) is 5.10 Å². The van der Waals surface area contributed by atoms with Crippen LogP contribution >= 0.6 is 0 Å². The number of anilines is 1. The molecule has 0 aliphatic carbocycles.